The highest BCUT2D eigenvalue weighted by Crippen LogP contribution is 2.31. The number of nitrogens with two attached hydrogens (primary N) is 1. The van der Waals surface area contributed by atoms with Gasteiger partial charge in [0, 0.05) is 12.7 Å². The summed E-state index contributed by atoms with van der Waals surface area (Å²) in [6, 6.07) is -0.138. The van der Waals surface area contributed by atoms with Gasteiger partial charge in [-0.3, -0.25) is 15.2 Å². The Kier molecular flexibility index (Phi) is 2.76. The zero-order chi connectivity index (χ0) is 12.6. The number of carbonyl (C=O) groups excluding carboxylic acids is 1. The molecule has 1 aromatic heterocycles. The summed E-state index contributed by atoms with van der Waals surface area (Å²) in [5, 5.41) is 0. The van der Waals surface area contributed by atoms with Crippen LogP contribution in [-0.4, -0.2) is 10.9 Å². The second-order valence-corrected chi connectivity index (χ2v) is 3.60. The summed E-state index contributed by atoms with van der Waals surface area (Å²) < 4.78 is 37.4. The van der Waals surface area contributed by atoms with Crippen molar-refractivity contribution in [3.63, 3.8) is 0 Å². The lowest BCUT2D eigenvalue weighted by Gasteiger charge is -2.25. The number of pyridine rings is 1. The van der Waals surface area contributed by atoms with Crippen LogP contribution in [-0.2, 0) is 17.5 Å². The smallest absolute Gasteiger partial charge is 0.368 e. The Labute approximate surface area is 94.2 Å². The maximum absolute atomic E-state index is 12.5. The number of rotatable bonds is 1. The number of fused-ring (bicyclic) bond motifs is 1. The van der Waals surface area contributed by atoms with E-state index in [1.165, 1.54) is 0 Å². The van der Waals surface area contributed by atoms with Gasteiger partial charge in [-0.15, -0.1) is 0 Å². The number of nitrogens with one attached hydrogen (secondary N) is 2. The van der Waals surface area contributed by atoms with Crippen molar-refractivity contribution >= 4 is 5.91 Å². The van der Waals surface area contributed by atoms with E-state index in [0.29, 0.717) is 5.56 Å². The number of amides is 1. The fourth-order valence-corrected chi connectivity index (χ4v) is 1.62. The van der Waals surface area contributed by atoms with Gasteiger partial charge >= 0.3 is 6.18 Å². The molecule has 1 atom stereocenters. The molecule has 92 valence electrons. The molecule has 0 radical (unpaired) electrons. The fraction of sp³-hybridized carbons (Fsp3) is 0.333. The summed E-state index contributed by atoms with van der Waals surface area (Å²) in [6.07, 6.45) is -3.44. The minimum absolute atomic E-state index is 0.207. The number of hydrogen-bond donors (Lipinski definition) is 3. The minimum atomic E-state index is -4.54. The molecule has 8 heteroatoms. The Morgan fingerprint density at radius 2 is 2.24 bits per heavy atom. The molecular formula is C9H9F3N4O. The summed E-state index contributed by atoms with van der Waals surface area (Å²) in [5.74, 6) is -0.752. The number of alkyl halides is 3. The third-order valence-corrected chi connectivity index (χ3v) is 2.43. The Balaban J connectivity index is 2.48. The Bertz CT molecular complexity index is 460. The number of aromatic nitrogens is 1. The van der Waals surface area contributed by atoms with Gasteiger partial charge in [-0.05, 0) is 17.2 Å². The van der Waals surface area contributed by atoms with Gasteiger partial charge in [-0.25, -0.2) is 5.43 Å². The largest absolute Gasteiger partial charge is 0.433 e. The molecule has 1 amide bonds. The predicted molar refractivity (Wildman–Crippen MR) is 51.1 cm³/mol. The van der Waals surface area contributed by atoms with Crippen molar-refractivity contribution in [2.45, 2.75) is 18.8 Å². The molecule has 0 spiro atoms. The van der Waals surface area contributed by atoms with Crippen molar-refractivity contribution in [3.8, 4) is 0 Å². The number of halogens is 3. The monoisotopic (exact) mass is 246 g/mol. The number of primary amides is 1. The second-order valence-electron chi connectivity index (χ2n) is 3.60. The van der Waals surface area contributed by atoms with E-state index >= 15 is 0 Å². The molecule has 0 saturated carbocycles. The van der Waals surface area contributed by atoms with E-state index in [0.717, 1.165) is 12.3 Å². The van der Waals surface area contributed by atoms with Crippen LogP contribution in [0.2, 0.25) is 0 Å². The summed E-state index contributed by atoms with van der Waals surface area (Å²) >= 11 is 0. The van der Waals surface area contributed by atoms with Crippen molar-refractivity contribution in [3.05, 3.63) is 29.1 Å². The van der Waals surface area contributed by atoms with Crippen LogP contribution in [0.15, 0.2) is 12.3 Å². The highest BCUT2D eigenvalue weighted by molar-refractivity contribution is 5.82. The lowest BCUT2D eigenvalue weighted by Crippen LogP contribution is -2.46. The summed E-state index contributed by atoms with van der Waals surface area (Å²) in [7, 11) is 0. The maximum Gasteiger partial charge on any atom is 0.433 e. The van der Waals surface area contributed by atoms with Gasteiger partial charge in [0.05, 0.1) is 0 Å². The van der Waals surface area contributed by atoms with E-state index in [1.807, 2.05) is 0 Å². The predicted octanol–water partition coefficient (Wildman–Crippen LogP) is 0.235. The van der Waals surface area contributed by atoms with E-state index in [-0.39, 0.29) is 12.1 Å². The number of hydrogen-bond acceptors (Lipinski definition) is 4. The van der Waals surface area contributed by atoms with Crippen molar-refractivity contribution in [1.29, 1.82) is 0 Å². The highest BCUT2D eigenvalue weighted by atomic mass is 19.4. The molecule has 0 aliphatic carbocycles. The molecule has 1 unspecified atom stereocenters. The first-order valence-corrected chi connectivity index (χ1v) is 4.73. The van der Waals surface area contributed by atoms with Gasteiger partial charge in [0.2, 0.25) is 5.91 Å². The Morgan fingerprint density at radius 3 is 2.82 bits per heavy atom. The molecule has 0 aromatic carbocycles. The van der Waals surface area contributed by atoms with Crippen LogP contribution < -0.4 is 16.6 Å². The van der Waals surface area contributed by atoms with E-state index in [2.05, 4.69) is 15.8 Å². The summed E-state index contributed by atoms with van der Waals surface area (Å²) in [4.78, 5) is 14.4. The average Bonchev–Trinajstić information content (AvgIpc) is 2.26. The third-order valence-electron chi connectivity index (χ3n) is 2.43. The van der Waals surface area contributed by atoms with Crippen LogP contribution in [0.3, 0.4) is 0 Å². The first-order valence-electron chi connectivity index (χ1n) is 4.73. The first-order chi connectivity index (χ1) is 7.89. The molecule has 17 heavy (non-hydrogen) atoms. The molecule has 0 bridgehead atoms. The van der Waals surface area contributed by atoms with Gasteiger partial charge in [0.25, 0.3) is 0 Å². The normalized spacial score (nSPS) is 19.8. The van der Waals surface area contributed by atoms with Gasteiger partial charge in [-0.2, -0.15) is 13.2 Å². The van der Waals surface area contributed by atoms with E-state index in [4.69, 9.17) is 5.73 Å². The first kappa shape index (κ1) is 11.8. The molecule has 0 fully saturated rings. The van der Waals surface area contributed by atoms with E-state index in [1.54, 1.807) is 0 Å². The average molecular weight is 246 g/mol. The fourth-order valence-electron chi connectivity index (χ4n) is 1.62. The van der Waals surface area contributed by atoms with Crippen LogP contribution in [0.1, 0.15) is 22.9 Å². The second kappa shape index (κ2) is 3.97. The SMILES string of the molecule is NC(=O)C1NNCc2cnc(C(F)(F)F)cc21. The van der Waals surface area contributed by atoms with Gasteiger partial charge < -0.3 is 5.73 Å². The summed E-state index contributed by atoms with van der Waals surface area (Å²) in [6.45, 7) is 0.282. The van der Waals surface area contributed by atoms with Crippen molar-refractivity contribution in [2.75, 3.05) is 0 Å². The van der Waals surface area contributed by atoms with E-state index < -0.39 is 23.8 Å². The van der Waals surface area contributed by atoms with Crippen LogP contribution in [0.25, 0.3) is 0 Å². The molecule has 1 aliphatic heterocycles. The number of hydrazine groups is 1. The van der Waals surface area contributed by atoms with Crippen LogP contribution in [0.4, 0.5) is 13.2 Å². The Morgan fingerprint density at radius 1 is 1.53 bits per heavy atom. The molecule has 1 aliphatic rings. The third kappa shape index (κ3) is 2.22. The van der Waals surface area contributed by atoms with E-state index in [9.17, 15) is 18.0 Å². The molecule has 4 N–H and O–H groups in total. The Hall–Kier alpha value is -1.67. The molecular weight excluding hydrogens is 237 g/mol. The topological polar surface area (TPSA) is 80.0 Å². The zero-order valence-corrected chi connectivity index (χ0v) is 8.51. The summed E-state index contributed by atoms with van der Waals surface area (Å²) in [5.41, 5.74) is 9.98. The van der Waals surface area contributed by atoms with Crippen LogP contribution >= 0.6 is 0 Å². The molecule has 5 nitrogen and oxygen atoms in total. The standard InChI is InChI=1S/C9H9F3N4O/c10-9(11,12)6-1-5-4(2-14-6)3-15-16-7(5)8(13)17/h1-2,7,15-16H,3H2,(H2,13,17). The minimum Gasteiger partial charge on any atom is -0.368 e. The number of carbonyl (C=O) groups is 1. The molecule has 1 aromatic rings. The molecule has 0 saturated heterocycles. The van der Waals surface area contributed by atoms with Crippen molar-refractivity contribution in [1.82, 2.24) is 15.8 Å². The van der Waals surface area contributed by atoms with Crippen LogP contribution in [0.5, 0.6) is 0 Å². The van der Waals surface area contributed by atoms with Crippen molar-refractivity contribution in [2.24, 2.45) is 5.73 Å². The zero-order valence-electron chi connectivity index (χ0n) is 8.51. The van der Waals surface area contributed by atoms with Crippen LogP contribution in [0, 0.1) is 0 Å². The van der Waals surface area contributed by atoms with Gasteiger partial charge in [0.15, 0.2) is 0 Å². The highest BCUT2D eigenvalue weighted by Gasteiger charge is 2.35. The lowest BCUT2D eigenvalue weighted by atomic mass is 9.99. The maximum atomic E-state index is 12.5. The van der Waals surface area contributed by atoms with Gasteiger partial charge in [-0.1, -0.05) is 0 Å². The van der Waals surface area contributed by atoms with Crippen molar-refractivity contribution < 1.29 is 18.0 Å². The molecule has 2 heterocycles. The van der Waals surface area contributed by atoms with Gasteiger partial charge in [0.1, 0.15) is 11.7 Å². The number of nitrogens with zero attached hydrogens (tertiary/aromatic N) is 1. The quantitative estimate of drug-likeness (QED) is 0.663. The molecule has 2 rings (SSSR count). The lowest BCUT2D eigenvalue weighted by molar-refractivity contribution is -0.141.